The highest BCUT2D eigenvalue weighted by Crippen LogP contribution is 2.28. The van der Waals surface area contributed by atoms with Crippen LogP contribution in [0.1, 0.15) is 15.9 Å². The van der Waals surface area contributed by atoms with Crippen LogP contribution in [-0.4, -0.2) is 18.5 Å². The average molecular weight is 197 g/mol. The third-order valence-electron chi connectivity index (χ3n) is 1.81. The number of aldehydes is 1. The van der Waals surface area contributed by atoms with Crippen LogP contribution < -0.4 is 10.6 Å². The minimum Gasteiger partial charge on any atom is -0.504 e. The molecule has 0 spiro atoms. The van der Waals surface area contributed by atoms with Gasteiger partial charge in [-0.05, 0) is 17.7 Å². The highest BCUT2D eigenvalue weighted by atomic mass is 16.6. The molecule has 0 aliphatic rings. The molecular formula is C9H11NO4. The number of aromatic hydroxyl groups is 1. The van der Waals surface area contributed by atoms with Crippen molar-refractivity contribution in [3.8, 4) is 11.5 Å². The predicted molar refractivity (Wildman–Crippen MR) is 49.0 cm³/mol. The lowest BCUT2D eigenvalue weighted by atomic mass is 10.1. The molecule has 0 aromatic heterocycles. The summed E-state index contributed by atoms with van der Waals surface area (Å²) in [6.07, 6.45) is 0.619. The Labute approximate surface area is 81.0 Å². The van der Waals surface area contributed by atoms with Gasteiger partial charge in [-0.3, -0.25) is 9.63 Å². The van der Waals surface area contributed by atoms with Crippen LogP contribution in [0.2, 0.25) is 0 Å². The van der Waals surface area contributed by atoms with E-state index < -0.39 is 0 Å². The van der Waals surface area contributed by atoms with Crippen molar-refractivity contribution < 1.29 is 19.5 Å². The van der Waals surface area contributed by atoms with E-state index >= 15 is 0 Å². The van der Waals surface area contributed by atoms with E-state index in [9.17, 15) is 9.90 Å². The van der Waals surface area contributed by atoms with Crippen LogP contribution in [0, 0.1) is 0 Å². The number of rotatable bonds is 4. The Morgan fingerprint density at radius 1 is 1.57 bits per heavy atom. The second kappa shape index (κ2) is 4.59. The van der Waals surface area contributed by atoms with Gasteiger partial charge >= 0.3 is 0 Å². The van der Waals surface area contributed by atoms with E-state index in [0.29, 0.717) is 17.4 Å². The summed E-state index contributed by atoms with van der Waals surface area (Å²) in [6, 6.07) is 2.81. The zero-order chi connectivity index (χ0) is 10.6. The monoisotopic (exact) mass is 197 g/mol. The first-order chi connectivity index (χ1) is 6.72. The fourth-order valence-electron chi connectivity index (χ4n) is 1.11. The zero-order valence-electron chi connectivity index (χ0n) is 7.69. The number of phenolic OH excluding ortho intramolecular Hbond substituents is 1. The van der Waals surface area contributed by atoms with E-state index in [2.05, 4.69) is 4.84 Å². The Balaban J connectivity index is 3.17. The molecule has 0 unspecified atom stereocenters. The molecule has 0 saturated carbocycles. The maximum absolute atomic E-state index is 10.6. The minimum atomic E-state index is -0.0876. The number of hydrogen-bond acceptors (Lipinski definition) is 5. The van der Waals surface area contributed by atoms with Crippen LogP contribution in [-0.2, 0) is 11.4 Å². The van der Waals surface area contributed by atoms with Crippen molar-refractivity contribution in [3.63, 3.8) is 0 Å². The third-order valence-corrected chi connectivity index (χ3v) is 1.81. The number of ether oxygens (including phenoxy) is 1. The second-order valence-electron chi connectivity index (χ2n) is 2.65. The number of nitrogens with two attached hydrogens (primary N) is 1. The Bertz CT molecular complexity index is 338. The standard InChI is InChI=1S/C9H11NO4/c1-13-9-3-7(5-14-10)6(4-11)2-8(9)12/h2-4,12H,5,10H2,1H3. The van der Waals surface area contributed by atoms with Gasteiger partial charge in [0, 0.05) is 5.56 Å². The molecular weight excluding hydrogens is 186 g/mol. The molecule has 0 bridgehead atoms. The van der Waals surface area contributed by atoms with Gasteiger partial charge < -0.3 is 9.84 Å². The molecule has 1 rings (SSSR count). The van der Waals surface area contributed by atoms with Crippen LogP contribution in [0.4, 0.5) is 0 Å². The lowest BCUT2D eigenvalue weighted by Crippen LogP contribution is -2.02. The lowest BCUT2D eigenvalue weighted by Gasteiger charge is -2.08. The van der Waals surface area contributed by atoms with Gasteiger partial charge in [0.25, 0.3) is 0 Å². The van der Waals surface area contributed by atoms with E-state index in [1.807, 2.05) is 0 Å². The molecule has 5 heteroatoms. The smallest absolute Gasteiger partial charge is 0.160 e. The van der Waals surface area contributed by atoms with Crippen LogP contribution >= 0.6 is 0 Å². The second-order valence-corrected chi connectivity index (χ2v) is 2.65. The third kappa shape index (κ3) is 2.01. The molecule has 0 heterocycles. The number of benzene rings is 1. The maximum Gasteiger partial charge on any atom is 0.160 e. The summed E-state index contributed by atoms with van der Waals surface area (Å²) in [4.78, 5) is 15.0. The highest BCUT2D eigenvalue weighted by Gasteiger charge is 2.08. The largest absolute Gasteiger partial charge is 0.504 e. The molecule has 0 saturated heterocycles. The molecule has 76 valence electrons. The van der Waals surface area contributed by atoms with E-state index in [-0.39, 0.29) is 18.1 Å². The van der Waals surface area contributed by atoms with E-state index in [0.717, 1.165) is 0 Å². The van der Waals surface area contributed by atoms with Gasteiger partial charge in [-0.15, -0.1) is 0 Å². The van der Waals surface area contributed by atoms with Gasteiger partial charge in [0.15, 0.2) is 17.8 Å². The molecule has 0 amide bonds. The van der Waals surface area contributed by atoms with Gasteiger partial charge in [-0.1, -0.05) is 0 Å². The van der Waals surface area contributed by atoms with Gasteiger partial charge in [-0.2, -0.15) is 0 Å². The van der Waals surface area contributed by atoms with Crippen molar-refractivity contribution in [1.29, 1.82) is 0 Å². The summed E-state index contributed by atoms with van der Waals surface area (Å²) in [5.41, 5.74) is 0.894. The summed E-state index contributed by atoms with van der Waals surface area (Å²) in [7, 11) is 1.42. The summed E-state index contributed by atoms with van der Waals surface area (Å²) < 4.78 is 4.87. The molecule has 0 fully saturated rings. The summed E-state index contributed by atoms with van der Waals surface area (Å²) in [5, 5.41) is 9.36. The number of hydrogen-bond donors (Lipinski definition) is 2. The number of carbonyl (C=O) groups excluding carboxylic acids is 1. The first-order valence-corrected chi connectivity index (χ1v) is 3.89. The number of phenols is 1. The maximum atomic E-state index is 10.6. The van der Waals surface area contributed by atoms with Crippen molar-refractivity contribution in [2.45, 2.75) is 6.61 Å². The van der Waals surface area contributed by atoms with E-state index in [1.165, 1.54) is 19.2 Å². The molecule has 0 radical (unpaired) electrons. The SMILES string of the molecule is COc1cc(CON)c(C=O)cc1O. The quantitative estimate of drug-likeness (QED) is 0.545. The molecule has 0 atom stereocenters. The van der Waals surface area contributed by atoms with Crippen molar-refractivity contribution in [2.24, 2.45) is 5.90 Å². The Morgan fingerprint density at radius 3 is 2.79 bits per heavy atom. The van der Waals surface area contributed by atoms with Crippen LogP contribution in [0.25, 0.3) is 0 Å². The minimum absolute atomic E-state index is 0.0876. The van der Waals surface area contributed by atoms with Gasteiger partial charge in [0.1, 0.15) is 0 Å². The molecule has 0 aliphatic carbocycles. The van der Waals surface area contributed by atoms with Crippen molar-refractivity contribution in [3.05, 3.63) is 23.3 Å². The lowest BCUT2D eigenvalue weighted by molar-refractivity contribution is 0.110. The van der Waals surface area contributed by atoms with Crippen molar-refractivity contribution in [1.82, 2.24) is 0 Å². The zero-order valence-corrected chi connectivity index (χ0v) is 7.69. The van der Waals surface area contributed by atoms with Gasteiger partial charge in [0.05, 0.1) is 13.7 Å². The summed E-state index contributed by atoms with van der Waals surface area (Å²) in [6.45, 7) is 0.0880. The molecule has 3 N–H and O–H groups in total. The van der Waals surface area contributed by atoms with E-state index in [4.69, 9.17) is 10.6 Å². The fraction of sp³-hybridized carbons (Fsp3) is 0.222. The first kappa shape index (κ1) is 10.5. The summed E-state index contributed by atoms with van der Waals surface area (Å²) in [5.74, 6) is 5.09. The normalized spacial score (nSPS) is 9.86. The van der Waals surface area contributed by atoms with Crippen LogP contribution in [0.3, 0.4) is 0 Å². The predicted octanol–water partition coefficient (Wildman–Crippen LogP) is 0.604. The molecule has 5 nitrogen and oxygen atoms in total. The molecule has 1 aromatic carbocycles. The van der Waals surface area contributed by atoms with Gasteiger partial charge in [-0.25, -0.2) is 5.90 Å². The molecule has 1 aromatic rings. The Hall–Kier alpha value is -1.59. The molecule has 14 heavy (non-hydrogen) atoms. The van der Waals surface area contributed by atoms with E-state index in [1.54, 1.807) is 0 Å². The average Bonchev–Trinajstić information content (AvgIpc) is 2.20. The first-order valence-electron chi connectivity index (χ1n) is 3.89. The Morgan fingerprint density at radius 2 is 2.29 bits per heavy atom. The van der Waals surface area contributed by atoms with Crippen molar-refractivity contribution in [2.75, 3.05) is 7.11 Å². The number of carbonyl (C=O) groups is 1. The van der Waals surface area contributed by atoms with Crippen molar-refractivity contribution >= 4 is 6.29 Å². The topological polar surface area (TPSA) is 81.8 Å². The van der Waals surface area contributed by atoms with Crippen LogP contribution in [0.15, 0.2) is 12.1 Å². The van der Waals surface area contributed by atoms with Crippen LogP contribution in [0.5, 0.6) is 11.5 Å². The van der Waals surface area contributed by atoms with Gasteiger partial charge in [0.2, 0.25) is 0 Å². The fourth-order valence-corrected chi connectivity index (χ4v) is 1.11. The number of methoxy groups -OCH3 is 1. The molecule has 0 aliphatic heterocycles. The Kier molecular flexibility index (Phi) is 3.44. The highest BCUT2D eigenvalue weighted by molar-refractivity contribution is 5.79. The summed E-state index contributed by atoms with van der Waals surface area (Å²) >= 11 is 0.